The Labute approximate surface area is 66.7 Å². The first-order valence-corrected chi connectivity index (χ1v) is 3.80. The van der Waals surface area contributed by atoms with E-state index in [4.69, 9.17) is 5.73 Å². The van der Waals surface area contributed by atoms with Crippen LogP contribution in [-0.2, 0) is 6.42 Å². The van der Waals surface area contributed by atoms with Crippen LogP contribution in [0, 0.1) is 0 Å². The first-order valence-electron chi connectivity index (χ1n) is 3.80. The van der Waals surface area contributed by atoms with Crippen molar-refractivity contribution in [2.24, 2.45) is 5.73 Å². The van der Waals surface area contributed by atoms with Crippen LogP contribution in [0.15, 0.2) is 18.5 Å². The van der Waals surface area contributed by atoms with Gasteiger partial charge in [-0.2, -0.15) is 0 Å². The van der Waals surface area contributed by atoms with Crippen LogP contribution in [0.5, 0.6) is 0 Å². The number of hydrogen-bond donors (Lipinski definition) is 1. The van der Waals surface area contributed by atoms with Crippen molar-refractivity contribution in [2.75, 3.05) is 0 Å². The molecule has 11 heavy (non-hydrogen) atoms. The quantitative estimate of drug-likeness (QED) is 0.693. The van der Waals surface area contributed by atoms with Crippen LogP contribution in [0.4, 0.5) is 0 Å². The van der Waals surface area contributed by atoms with Gasteiger partial charge >= 0.3 is 0 Å². The average molecular weight is 151 g/mol. The molecule has 0 aliphatic carbocycles. The van der Waals surface area contributed by atoms with Crippen LogP contribution < -0.4 is 5.73 Å². The zero-order valence-corrected chi connectivity index (χ0v) is 6.70. The van der Waals surface area contributed by atoms with Gasteiger partial charge in [-0.15, -0.1) is 0 Å². The van der Waals surface area contributed by atoms with Gasteiger partial charge in [0.1, 0.15) is 5.82 Å². The molecule has 0 spiro atoms. The molecule has 0 aliphatic rings. The van der Waals surface area contributed by atoms with Gasteiger partial charge in [0.2, 0.25) is 0 Å². The molecule has 0 radical (unpaired) electrons. The summed E-state index contributed by atoms with van der Waals surface area (Å²) in [6, 6.07) is 2.05. The van der Waals surface area contributed by atoms with Crippen molar-refractivity contribution in [2.45, 2.75) is 25.8 Å². The molecule has 1 aromatic heterocycles. The Morgan fingerprint density at radius 3 is 2.64 bits per heavy atom. The summed E-state index contributed by atoms with van der Waals surface area (Å²) in [6.45, 7) is 1.99. The molecule has 1 heterocycles. The maximum absolute atomic E-state index is 5.58. The van der Waals surface area contributed by atoms with Gasteiger partial charge in [-0.3, -0.25) is 0 Å². The zero-order chi connectivity index (χ0) is 8.10. The summed E-state index contributed by atoms with van der Waals surface area (Å²) in [5.74, 6) is 0.879. The smallest absolute Gasteiger partial charge is 0.128 e. The third-order valence-corrected chi connectivity index (χ3v) is 1.44. The van der Waals surface area contributed by atoms with Crippen LogP contribution in [0.25, 0.3) is 0 Å². The molecule has 2 N–H and O–H groups in total. The van der Waals surface area contributed by atoms with Crippen LogP contribution in [0.1, 0.15) is 19.2 Å². The molecule has 0 aliphatic heterocycles. The van der Waals surface area contributed by atoms with Crippen molar-refractivity contribution in [3.8, 4) is 0 Å². The topological polar surface area (TPSA) is 51.8 Å². The van der Waals surface area contributed by atoms with Gasteiger partial charge in [0.05, 0.1) is 0 Å². The van der Waals surface area contributed by atoms with E-state index in [1.165, 1.54) is 0 Å². The monoisotopic (exact) mass is 151 g/mol. The van der Waals surface area contributed by atoms with Gasteiger partial charge < -0.3 is 5.73 Å². The third kappa shape index (κ3) is 3.09. The van der Waals surface area contributed by atoms with Gasteiger partial charge in [0.15, 0.2) is 0 Å². The molecule has 3 heteroatoms. The first-order chi connectivity index (χ1) is 5.29. The maximum Gasteiger partial charge on any atom is 0.128 e. The minimum Gasteiger partial charge on any atom is -0.328 e. The summed E-state index contributed by atoms with van der Waals surface area (Å²) >= 11 is 0. The molecule has 1 rings (SSSR count). The highest BCUT2D eigenvalue weighted by molar-refractivity contribution is 4.88. The lowest BCUT2D eigenvalue weighted by atomic mass is 10.2. The predicted octanol–water partition coefficient (Wildman–Crippen LogP) is 0.756. The molecule has 0 saturated heterocycles. The van der Waals surface area contributed by atoms with Crippen LogP contribution in [-0.4, -0.2) is 16.0 Å². The van der Waals surface area contributed by atoms with E-state index >= 15 is 0 Å². The van der Waals surface area contributed by atoms with Gasteiger partial charge in [-0.05, 0) is 19.4 Å². The molecule has 0 fully saturated rings. The molecule has 1 aromatic rings. The summed E-state index contributed by atoms with van der Waals surface area (Å²) in [5, 5.41) is 0. The highest BCUT2D eigenvalue weighted by atomic mass is 14.8. The Kier molecular flexibility index (Phi) is 2.98. The van der Waals surface area contributed by atoms with Crippen molar-refractivity contribution in [3.63, 3.8) is 0 Å². The van der Waals surface area contributed by atoms with E-state index in [9.17, 15) is 0 Å². The second-order valence-electron chi connectivity index (χ2n) is 2.68. The van der Waals surface area contributed by atoms with E-state index in [-0.39, 0.29) is 6.04 Å². The average Bonchev–Trinajstić information content (AvgIpc) is 2.03. The molecule has 1 atom stereocenters. The Hall–Kier alpha value is -0.960. The van der Waals surface area contributed by atoms with Gasteiger partial charge in [-0.25, -0.2) is 9.97 Å². The van der Waals surface area contributed by atoms with Crippen molar-refractivity contribution in [1.29, 1.82) is 0 Å². The van der Waals surface area contributed by atoms with Crippen molar-refractivity contribution < 1.29 is 0 Å². The maximum atomic E-state index is 5.58. The zero-order valence-electron chi connectivity index (χ0n) is 6.70. The summed E-state index contributed by atoms with van der Waals surface area (Å²) in [4.78, 5) is 8.17. The standard InChI is InChI=1S/C8H13N3/c1-7(9)3-4-8-10-5-2-6-11-8/h2,5-7H,3-4,9H2,1H3/t7-/m1/s1. The van der Waals surface area contributed by atoms with Gasteiger partial charge in [0.25, 0.3) is 0 Å². The second-order valence-corrected chi connectivity index (χ2v) is 2.68. The van der Waals surface area contributed by atoms with Gasteiger partial charge in [-0.1, -0.05) is 0 Å². The minimum absolute atomic E-state index is 0.235. The number of nitrogens with two attached hydrogens (primary N) is 1. The molecule has 0 saturated carbocycles. The Morgan fingerprint density at radius 2 is 2.09 bits per heavy atom. The number of nitrogens with zero attached hydrogens (tertiary/aromatic N) is 2. The normalized spacial score (nSPS) is 12.9. The number of rotatable bonds is 3. The number of hydrogen-bond acceptors (Lipinski definition) is 3. The van der Waals surface area contributed by atoms with E-state index in [1.807, 2.05) is 13.0 Å². The second kappa shape index (κ2) is 4.03. The first kappa shape index (κ1) is 8.14. The van der Waals surface area contributed by atoms with Crippen LogP contribution >= 0.6 is 0 Å². The van der Waals surface area contributed by atoms with E-state index in [0.717, 1.165) is 18.7 Å². The van der Waals surface area contributed by atoms with Gasteiger partial charge in [0, 0.05) is 24.9 Å². The number of aryl methyl sites for hydroxylation is 1. The minimum atomic E-state index is 0.235. The molecule has 0 amide bonds. The van der Waals surface area contributed by atoms with Crippen LogP contribution in [0.2, 0.25) is 0 Å². The highest BCUT2D eigenvalue weighted by Crippen LogP contribution is 1.95. The fourth-order valence-corrected chi connectivity index (χ4v) is 0.816. The fraction of sp³-hybridized carbons (Fsp3) is 0.500. The molecule has 0 aromatic carbocycles. The molecule has 0 unspecified atom stereocenters. The lowest BCUT2D eigenvalue weighted by molar-refractivity contribution is 0.647. The van der Waals surface area contributed by atoms with Crippen LogP contribution in [0.3, 0.4) is 0 Å². The Morgan fingerprint density at radius 1 is 1.45 bits per heavy atom. The van der Waals surface area contributed by atoms with Crippen molar-refractivity contribution in [3.05, 3.63) is 24.3 Å². The van der Waals surface area contributed by atoms with E-state index in [0.29, 0.717) is 0 Å². The summed E-state index contributed by atoms with van der Waals surface area (Å²) in [5.41, 5.74) is 5.58. The highest BCUT2D eigenvalue weighted by Gasteiger charge is 1.97. The Balaban J connectivity index is 2.39. The summed E-state index contributed by atoms with van der Waals surface area (Å²) in [6.07, 6.45) is 5.33. The van der Waals surface area contributed by atoms with Crippen molar-refractivity contribution >= 4 is 0 Å². The SMILES string of the molecule is C[C@@H](N)CCc1ncccn1. The molecule has 60 valence electrons. The lowest BCUT2D eigenvalue weighted by Crippen LogP contribution is -2.15. The van der Waals surface area contributed by atoms with E-state index in [2.05, 4.69) is 9.97 Å². The third-order valence-electron chi connectivity index (χ3n) is 1.44. The largest absolute Gasteiger partial charge is 0.328 e. The summed E-state index contributed by atoms with van der Waals surface area (Å²) in [7, 11) is 0. The van der Waals surface area contributed by atoms with Crippen molar-refractivity contribution in [1.82, 2.24) is 9.97 Å². The van der Waals surface area contributed by atoms with E-state index < -0.39 is 0 Å². The predicted molar refractivity (Wildman–Crippen MR) is 44.0 cm³/mol. The molecule has 0 bridgehead atoms. The molecular formula is C8H13N3. The Bertz CT molecular complexity index is 196. The lowest BCUT2D eigenvalue weighted by Gasteiger charge is -2.01. The summed E-state index contributed by atoms with van der Waals surface area (Å²) < 4.78 is 0. The molecular weight excluding hydrogens is 138 g/mol. The number of aromatic nitrogens is 2. The molecule has 3 nitrogen and oxygen atoms in total. The fourth-order valence-electron chi connectivity index (χ4n) is 0.816. The van der Waals surface area contributed by atoms with E-state index in [1.54, 1.807) is 12.4 Å².